The zero-order valence-electron chi connectivity index (χ0n) is 16.6. The Morgan fingerprint density at radius 2 is 2.03 bits per heavy atom. The Bertz CT molecular complexity index is 850. The molecule has 1 amide bonds. The van der Waals surface area contributed by atoms with Crippen molar-refractivity contribution in [2.24, 2.45) is 10.9 Å². The molecule has 2 heterocycles. The van der Waals surface area contributed by atoms with Crippen LogP contribution in [0.25, 0.3) is 0 Å². The second kappa shape index (κ2) is 10.3. The maximum Gasteiger partial charge on any atom is 0.265 e. The lowest BCUT2D eigenvalue weighted by Crippen LogP contribution is -2.30. The van der Waals surface area contributed by atoms with E-state index < -0.39 is 0 Å². The molecule has 1 aliphatic heterocycles. The van der Waals surface area contributed by atoms with Crippen LogP contribution in [0.2, 0.25) is 0 Å². The molecule has 29 heavy (non-hydrogen) atoms. The van der Waals surface area contributed by atoms with Crippen LogP contribution in [0, 0.1) is 0 Å². The zero-order chi connectivity index (χ0) is 20.5. The largest absolute Gasteiger partial charge is 0.492 e. The molecular weight excluding hydrogens is 370 g/mol. The third-order valence-electron chi connectivity index (χ3n) is 4.54. The Hall–Kier alpha value is -3.29. The summed E-state index contributed by atoms with van der Waals surface area (Å²) in [5, 5.41) is 6.62. The number of aromatic nitrogens is 1. The average molecular weight is 397 g/mol. The number of piperidine rings is 1. The monoisotopic (exact) mass is 397 g/mol. The summed E-state index contributed by atoms with van der Waals surface area (Å²) < 4.78 is 5.49. The lowest BCUT2D eigenvalue weighted by molar-refractivity contribution is -0.120. The lowest BCUT2D eigenvalue weighted by Gasteiger charge is -2.27. The molecule has 8 nitrogen and oxygen atoms in total. The van der Waals surface area contributed by atoms with Crippen LogP contribution >= 0.6 is 0 Å². The summed E-state index contributed by atoms with van der Waals surface area (Å²) in [6.45, 7) is 4.12. The first-order chi connectivity index (χ1) is 14.2. The number of nitrogens with two attached hydrogens (primary N) is 1. The first-order valence-electron chi connectivity index (χ1n) is 9.86. The number of hydrogen-bond acceptors (Lipinski definition) is 6. The maximum atomic E-state index is 12.1. The van der Waals surface area contributed by atoms with Crippen molar-refractivity contribution in [1.29, 1.82) is 0 Å². The van der Waals surface area contributed by atoms with Gasteiger partial charge in [-0.25, -0.2) is 4.98 Å². The van der Waals surface area contributed by atoms with Gasteiger partial charge in [0.15, 0.2) is 12.4 Å². The van der Waals surface area contributed by atoms with Gasteiger partial charge in [-0.15, -0.1) is 0 Å². The van der Waals surface area contributed by atoms with E-state index in [0.29, 0.717) is 23.6 Å². The number of nitrogens with one attached hydrogen (secondary N) is 1. The van der Waals surface area contributed by atoms with Crippen molar-refractivity contribution >= 4 is 23.2 Å². The van der Waals surface area contributed by atoms with Crippen molar-refractivity contribution < 1.29 is 14.4 Å². The minimum atomic E-state index is -0.350. The van der Waals surface area contributed by atoms with Gasteiger partial charge < -0.3 is 25.5 Å². The number of nitrogens with zero attached hydrogens (tertiary/aromatic N) is 3. The average Bonchev–Trinajstić information content (AvgIpc) is 2.76. The number of hydrogen-bond donors (Lipinski definition) is 2. The van der Waals surface area contributed by atoms with Crippen LogP contribution in [-0.2, 0) is 9.63 Å². The van der Waals surface area contributed by atoms with Gasteiger partial charge in [-0.05, 0) is 50.5 Å². The standard InChI is InChI=1S/C21H27N5O3/c1-2-28-18-9-5-4-8-17(18)24-20(27)15-29-25-21(22)16-10-11-23-19(14-16)26-12-6-3-7-13-26/h4-5,8-11,14H,2-3,6-7,12-13,15H2,1H3,(H2,22,25)(H,24,27). The van der Waals surface area contributed by atoms with Crippen molar-refractivity contribution in [2.75, 3.05) is 36.5 Å². The van der Waals surface area contributed by atoms with E-state index >= 15 is 0 Å². The smallest absolute Gasteiger partial charge is 0.265 e. The molecule has 0 bridgehead atoms. The lowest BCUT2D eigenvalue weighted by atomic mass is 10.1. The topological polar surface area (TPSA) is 102 Å². The third-order valence-corrected chi connectivity index (χ3v) is 4.54. The summed E-state index contributed by atoms with van der Waals surface area (Å²) in [6.07, 6.45) is 5.30. The van der Waals surface area contributed by atoms with E-state index in [2.05, 4.69) is 20.4 Å². The molecule has 1 saturated heterocycles. The molecule has 0 aliphatic carbocycles. The molecule has 0 radical (unpaired) electrons. The predicted molar refractivity (Wildman–Crippen MR) is 113 cm³/mol. The molecular formula is C21H27N5O3. The van der Waals surface area contributed by atoms with Gasteiger partial charge in [0.1, 0.15) is 11.6 Å². The Morgan fingerprint density at radius 3 is 2.83 bits per heavy atom. The summed E-state index contributed by atoms with van der Waals surface area (Å²) in [7, 11) is 0. The second-order valence-corrected chi connectivity index (χ2v) is 6.68. The van der Waals surface area contributed by atoms with E-state index in [1.165, 1.54) is 19.3 Å². The number of rotatable bonds is 8. The molecule has 0 unspecified atom stereocenters. The van der Waals surface area contributed by atoms with Gasteiger partial charge in [-0.3, -0.25) is 4.79 Å². The van der Waals surface area contributed by atoms with Gasteiger partial charge in [-0.2, -0.15) is 0 Å². The number of carbonyl (C=O) groups is 1. The molecule has 0 saturated carbocycles. The van der Waals surface area contributed by atoms with Crippen molar-refractivity contribution in [1.82, 2.24) is 4.98 Å². The van der Waals surface area contributed by atoms with Crippen LogP contribution in [-0.4, -0.2) is 43.0 Å². The van der Waals surface area contributed by atoms with E-state index in [0.717, 1.165) is 18.9 Å². The third kappa shape index (κ3) is 5.84. The van der Waals surface area contributed by atoms with Crippen LogP contribution < -0.4 is 20.7 Å². The van der Waals surface area contributed by atoms with Crippen molar-refractivity contribution in [2.45, 2.75) is 26.2 Å². The Kier molecular flexibility index (Phi) is 7.27. The molecule has 1 aromatic carbocycles. The fourth-order valence-corrected chi connectivity index (χ4v) is 3.12. The minimum absolute atomic E-state index is 0.202. The highest BCUT2D eigenvalue weighted by molar-refractivity contribution is 5.98. The summed E-state index contributed by atoms with van der Waals surface area (Å²) >= 11 is 0. The van der Waals surface area contributed by atoms with Gasteiger partial charge in [0.2, 0.25) is 0 Å². The second-order valence-electron chi connectivity index (χ2n) is 6.68. The number of amides is 1. The molecule has 154 valence electrons. The number of ether oxygens (including phenoxy) is 1. The van der Waals surface area contributed by atoms with Crippen LogP contribution in [0.15, 0.2) is 47.8 Å². The van der Waals surface area contributed by atoms with Crippen LogP contribution in [0.5, 0.6) is 5.75 Å². The zero-order valence-corrected chi connectivity index (χ0v) is 16.6. The van der Waals surface area contributed by atoms with Crippen molar-refractivity contribution in [3.8, 4) is 5.75 Å². The van der Waals surface area contributed by atoms with Gasteiger partial charge in [0.05, 0.1) is 12.3 Å². The predicted octanol–water partition coefficient (Wildman–Crippen LogP) is 2.75. The first-order valence-corrected chi connectivity index (χ1v) is 9.86. The molecule has 2 aromatic rings. The van der Waals surface area contributed by atoms with E-state index in [4.69, 9.17) is 15.3 Å². The number of benzene rings is 1. The molecule has 1 aromatic heterocycles. The van der Waals surface area contributed by atoms with E-state index in [-0.39, 0.29) is 18.3 Å². The fraction of sp³-hybridized carbons (Fsp3) is 0.381. The summed E-state index contributed by atoms with van der Waals surface area (Å²) in [5.41, 5.74) is 7.32. The Morgan fingerprint density at radius 1 is 1.24 bits per heavy atom. The number of para-hydroxylation sites is 2. The number of oxime groups is 1. The summed E-state index contributed by atoms with van der Waals surface area (Å²) in [5.74, 6) is 1.34. The Labute approximate surface area is 170 Å². The van der Waals surface area contributed by atoms with Crippen molar-refractivity contribution in [3.05, 3.63) is 48.2 Å². The highest BCUT2D eigenvalue weighted by Gasteiger charge is 2.13. The number of pyridine rings is 1. The molecule has 0 atom stereocenters. The van der Waals surface area contributed by atoms with Crippen LogP contribution in [0.4, 0.5) is 11.5 Å². The summed E-state index contributed by atoms with van der Waals surface area (Å²) in [6, 6.07) is 10.9. The Balaban J connectivity index is 1.55. The van der Waals surface area contributed by atoms with Gasteiger partial charge in [0, 0.05) is 24.8 Å². The van der Waals surface area contributed by atoms with Gasteiger partial charge in [-0.1, -0.05) is 17.3 Å². The maximum absolute atomic E-state index is 12.1. The molecule has 3 rings (SSSR count). The van der Waals surface area contributed by atoms with E-state index in [1.54, 1.807) is 24.4 Å². The van der Waals surface area contributed by atoms with Crippen LogP contribution in [0.1, 0.15) is 31.7 Å². The molecule has 1 fully saturated rings. The van der Waals surface area contributed by atoms with E-state index in [1.807, 2.05) is 25.1 Å². The minimum Gasteiger partial charge on any atom is -0.492 e. The molecule has 0 spiro atoms. The normalized spacial score (nSPS) is 14.4. The van der Waals surface area contributed by atoms with Crippen molar-refractivity contribution in [3.63, 3.8) is 0 Å². The fourth-order valence-electron chi connectivity index (χ4n) is 3.12. The molecule has 8 heteroatoms. The highest BCUT2D eigenvalue weighted by Crippen LogP contribution is 2.23. The number of anilines is 2. The SMILES string of the molecule is CCOc1ccccc1NC(=O)CON=C(N)c1ccnc(N2CCCCC2)c1. The van der Waals surface area contributed by atoms with E-state index in [9.17, 15) is 4.79 Å². The first kappa shape index (κ1) is 20.4. The summed E-state index contributed by atoms with van der Waals surface area (Å²) in [4.78, 5) is 23.9. The number of amidine groups is 1. The van der Waals surface area contributed by atoms with Gasteiger partial charge in [0.25, 0.3) is 5.91 Å². The van der Waals surface area contributed by atoms with Gasteiger partial charge >= 0.3 is 0 Å². The van der Waals surface area contributed by atoms with Crippen LogP contribution in [0.3, 0.4) is 0 Å². The highest BCUT2D eigenvalue weighted by atomic mass is 16.6. The number of carbonyl (C=O) groups excluding carboxylic acids is 1. The quantitative estimate of drug-likeness (QED) is 0.403. The molecule has 3 N–H and O–H groups in total. The molecule has 1 aliphatic rings.